The van der Waals surface area contributed by atoms with Gasteiger partial charge >= 0.3 is 6.09 Å². The van der Waals surface area contributed by atoms with E-state index >= 15 is 0 Å². The van der Waals surface area contributed by atoms with Crippen LogP contribution in [-0.4, -0.2) is 32.9 Å². The zero-order chi connectivity index (χ0) is 16.1. The highest BCUT2D eigenvalue weighted by Gasteiger charge is 2.38. The smallest absolute Gasteiger partial charge is 0.409 e. The van der Waals surface area contributed by atoms with Gasteiger partial charge in [-0.1, -0.05) is 52.9 Å². The molecule has 1 aromatic carbocycles. The maximum Gasteiger partial charge on any atom is 0.409 e. The van der Waals surface area contributed by atoms with Crippen molar-refractivity contribution in [3.63, 3.8) is 0 Å². The first-order valence-corrected chi connectivity index (χ1v) is 8.20. The number of hydrogen-bond donors (Lipinski definition) is 1. The molecule has 6 nitrogen and oxygen atoms in total. The van der Waals surface area contributed by atoms with Crippen molar-refractivity contribution in [2.75, 3.05) is 0 Å². The predicted molar refractivity (Wildman–Crippen MR) is 88.1 cm³/mol. The molecular formula is C15H17IN2O4. The van der Waals surface area contributed by atoms with E-state index in [1.54, 1.807) is 0 Å². The largest absolute Gasteiger partial charge is 0.445 e. The molecule has 2 atom stereocenters. The van der Waals surface area contributed by atoms with Gasteiger partial charge in [-0.05, 0) is 12.5 Å². The van der Waals surface area contributed by atoms with Crippen LogP contribution in [0.25, 0.3) is 0 Å². The summed E-state index contributed by atoms with van der Waals surface area (Å²) >= 11 is 2.07. The fraction of sp³-hybridized carbons (Fsp3) is 0.400. The second kappa shape index (κ2) is 7.57. The highest BCUT2D eigenvalue weighted by Crippen LogP contribution is 2.19. The molecule has 0 aliphatic carbocycles. The summed E-state index contributed by atoms with van der Waals surface area (Å²) in [6.45, 7) is 1.96. The predicted octanol–water partition coefficient (Wildman–Crippen LogP) is 2.21. The van der Waals surface area contributed by atoms with Crippen LogP contribution < -0.4 is 5.32 Å². The number of likely N-dealkylation sites (tertiary alicyclic amines) is 1. The number of amides is 3. The zero-order valence-corrected chi connectivity index (χ0v) is 14.3. The minimum atomic E-state index is -0.689. The third-order valence-corrected chi connectivity index (χ3v) is 3.96. The molecule has 7 heteroatoms. The quantitative estimate of drug-likeness (QED) is 0.454. The van der Waals surface area contributed by atoms with Crippen molar-refractivity contribution in [2.45, 2.75) is 36.5 Å². The highest BCUT2D eigenvalue weighted by molar-refractivity contribution is 14.1. The topological polar surface area (TPSA) is 75.7 Å². The number of hydrogen-bond acceptors (Lipinski definition) is 4. The van der Waals surface area contributed by atoms with Gasteiger partial charge in [0.25, 0.3) is 0 Å². The molecule has 1 fully saturated rings. The molecule has 0 unspecified atom stereocenters. The number of imide groups is 1. The molecule has 0 spiro atoms. The number of carbonyl (C=O) groups excluding carboxylic acids is 3. The third kappa shape index (κ3) is 4.19. The summed E-state index contributed by atoms with van der Waals surface area (Å²) in [7, 11) is 0. The molecule has 1 N–H and O–H groups in total. The lowest BCUT2D eigenvalue weighted by molar-refractivity contribution is -0.141. The van der Waals surface area contributed by atoms with Gasteiger partial charge in [0.05, 0.1) is 0 Å². The Bertz CT molecular complexity index is 546. The van der Waals surface area contributed by atoms with Gasteiger partial charge in [0, 0.05) is 16.8 Å². The van der Waals surface area contributed by atoms with Crippen molar-refractivity contribution in [1.82, 2.24) is 10.2 Å². The van der Waals surface area contributed by atoms with Crippen LogP contribution in [0, 0.1) is 0 Å². The van der Waals surface area contributed by atoms with Crippen molar-refractivity contribution < 1.29 is 19.1 Å². The Morgan fingerprint density at radius 2 is 1.86 bits per heavy atom. The molecule has 1 heterocycles. The summed E-state index contributed by atoms with van der Waals surface area (Å²) in [4.78, 5) is 36.6. The second-order valence-corrected chi connectivity index (χ2v) is 6.95. The van der Waals surface area contributed by atoms with Gasteiger partial charge in [-0.25, -0.2) is 4.79 Å². The van der Waals surface area contributed by atoms with E-state index < -0.39 is 12.3 Å². The first-order valence-electron chi connectivity index (χ1n) is 6.95. The van der Waals surface area contributed by atoms with E-state index in [0.717, 1.165) is 10.5 Å². The summed E-state index contributed by atoms with van der Waals surface area (Å²) in [5.41, 5.74) is 0.866. The number of benzene rings is 1. The summed E-state index contributed by atoms with van der Waals surface area (Å²) < 4.78 is 5.00. The second-order valence-electron chi connectivity index (χ2n) is 4.99. The molecule has 118 valence electrons. The van der Waals surface area contributed by atoms with E-state index in [2.05, 4.69) is 27.9 Å². The maximum atomic E-state index is 11.9. The monoisotopic (exact) mass is 416 g/mol. The van der Waals surface area contributed by atoms with Crippen molar-refractivity contribution in [3.05, 3.63) is 35.9 Å². The number of carbonyl (C=O) groups is 3. The summed E-state index contributed by atoms with van der Waals surface area (Å²) in [6.07, 6.45) is -0.949. The Hall–Kier alpha value is -1.64. The van der Waals surface area contributed by atoms with Gasteiger partial charge in [0.15, 0.2) is 0 Å². The van der Waals surface area contributed by atoms with Crippen LogP contribution in [0.5, 0.6) is 0 Å². The van der Waals surface area contributed by atoms with Crippen molar-refractivity contribution >= 4 is 40.5 Å². The number of alkyl halides is 1. The lowest BCUT2D eigenvalue weighted by Gasteiger charge is -2.28. The molecule has 1 aliphatic heterocycles. The molecule has 1 aromatic rings. The lowest BCUT2D eigenvalue weighted by atomic mass is 10.2. The first kappa shape index (κ1) is 16.7. The van der Waals surface area contributed by atoms with Gasteiger partial charge in [0.2, 0.25) is 11.8 Å². The van der Waals surface area contributed by atoms with Crippen LogP contribution >= 0.6 is 22.6 Å². The Morgan fingerprint density at radius 1 is 1.27 bits per heavy atom. The highest BCUT2D eigenvalue weighted by atomic mass is 127. The SMILES string of the molecule is C[C@H](I)[C@H](NC(=O)OCc1ccccc1)N1C(=O)CCC1=O. The molecule has 2 rings (SSSR count). The van der Waals surface area contributed by atoms with Gasteiger partial charge in [-0.2, -0.15) is 0 Å². The number of rotatable bonds is 5. The van der Waals surface area contributed by atoms with Crippen molar-refractivity contribution in [3.8, 4) is 0 Å². The molecular weight excluding hydrogens is 399 g/mol. The fourth-order valence-corrected chi connectivity index (χ4v) is 2.68. The average molecular weight is 416 g/mol. The number of nitrogens with zero attached hydrogens (tertiary/aromatic N) is 1. The third-order valence-electron chi connectivity index (χ3n) is 3.28. The van der Waals surface area contributed by atoms with E-state index in [4.69, 9.17) is 4.74 Å². The van der Waals surface area contributed by atoms with Crippen LogP contribution in [0.4, 0.5) is 4.79 Å². The molecule has 1 saturated heterocycles. The van der Waals surface area contributed by atoms with Gasteiger partial charge in [-0.15, -0.1) is 0 Å². The van der Waals surface area contributed by atoms with E-state index in [1.165, 1.54) is 0 Å². The van der Waals surface area contributed by atoms with Crippen LogP contribution in [0.1, 0.15) is 25.3 Å². The van der Waals surface area contributed by atoms with E-state index in [9.17, 15) is 14.4 Å². The van der Waals surface area contributed by atoms with Crippen molar-refractivity contribution in [1.29, 1.82) is 0 Å². The van der Waals surface area contributed by atoms with Crippen LogP contribution in [-0.2, 0) is 20.9 Å². The first-order chi connectivity index (χ1) is 10.5. The number of nitrogens with one attached hydrogen (secondary N) is 1. The minimum Gasteiger partial charge on any atom is -0.445 e. The molecule has 3 amide bonds. The van der Waals surface area contributed by atoms with Crippen LogP contribution in [0.3, 0.4) is 0 Å². The zero-order valence-electron chi connectivity index (χ0n) is 12.1. The Balaban J connectivity index is 1.94. The molecule has 22 heavy (non-hydrogen) atoms. The van der Waals surface area contributed by atoms with Crippen LogP contribution in [0.15, 0.2) is 30.3 Å². The molecule has 0 bridgehead atoms. The fourth-order valence-electron chi connectivity index (χ4n) is 2.17. The number of ether oxygens (including phenoxy) is 1. The Morgan fingerprint density at radius 3 is 2.41 bits per heavy atom. The van der Waals surface area contributed by atoms with Gasteiger partial charge in [0.1, 0.15) is 12.8 Å². The molecule has 0 radical (unpaired) electrons. The standard InChI is InChI=1S/C15H17IN2O4/c1-10(16)14(18-12(19)7-8-13(18)20)17-15(21)22-9-11-5-3-2-4-6-11/h2-6,10,14H,7-9H2,1H3,(H,17,21)/t10-,14+/m0/s1. The summed E-state index contributed by atoms with van der Waals surface area (Å²) in [5.74, 6) is -0.524. The lowest BCUT2D eigenvalue weighted by Crippen LogP contribution is -2.54. The molecule has 1 aliphatic rings. The van der Waals surface area contributed by atoms with Gasteiger partial charge in [-0.3, -0.25) is 19.8 Å². The number of alkyl carbamates (subject to hydrolysis) is 1. The van der Waals surface area contributed by atoms with Crippen LogP contribution in [0.2, 0.25) is 0 Å². The molecule has 0 aromatic heterocycles. The minimum absolute atomic E-state index is 0.132. The Labute approximate surface area is 142 Å². The average Bonchev–Trinajstić information content (AvgIpc) is 2.83. The normalized spacial score (nSPS) is 17.3. The van der Waals surface area contributed by atoms with E-state index in [1.807, 2.05) is 37.3 Å². The van der Waals surface area contributed by atoms with Crippen molar-refractivity contribution in [2.24, 2.45) is 0 Å². The van der Waals surface area contributed by atoms with E-state index in [-0.39, 0.29) is 35.2 Å². The summed E-state index contributed by atoms with van der Waals surface area (Å²) in [5, 5.41) is 2.61. The Kier molecular flexibility index (Phi) is 5.76. The van der Waals surface area contributed by atoms with E-state index in [0.29, 0.717) is 0 Å². The summed E-state index contributed by atoms with van der Waals surface area (Å²) in [6, 6.07) is 9.28. The van der Waals surface area contributed by atoms with Gasteiger partial charge < -0.3 is 4.74 Å². The maximum absolute atomic E-state index is 11.9. The molecule has 0 saturated carbocycles. The number of halogens is 1.